The molecule has 3 heterocycles. The second-order valence-electron chi connectivity index (χ2n) is 4.93. The number of nitrogens with zero attached hydrogens (tertiary/aromatic N) is 4. The maximum Gasteiger partial charge on any atom is 0.128 e. The topological polar surface area (TPSA) is 32.3 Å². The number of hydrogen-bond acceptors (Lipinski definition) is 5. The first-order valence-corrected chi connectivity index (χ1v) is 8.51. The summed E-state index contributed by atoms with van der Waals surface area (Å²) in [6, 6.07) is 4.14. The van der Waals surface area contributed by atoms with Crippen LogP contribution in [0.15, 0.2) is 33.7 Å². The van der Waals surface area contributed by atoms with Gasteiger partial charge < -0.3 is 4.90 Å². The van der Waals surface area contributed by atoms with Crippen molar-refractivity contribution in [3.63, 3.8) is 0 Å². The number of aromatic nitrogens is 2. The van der Waals surface area contributed by atoms with E-state index in [2.05, 4.69) is 53.2 Å². The van der Waals surface area contributed by atoms with Crippen molar-refractivity contribution in [1.82, 2.24) is 14.9 Å². The van der Waals surface area contributed by atoms with Gasteiger partial charge in [0, 0.05) is 48.8 Å². The maximum atomic E-state index is 4.49. The van der Waals surface area contributed by atoms with E-state index in [0.29, 0.717) is 0 Å². The van der Waals surface area contributed by atoms with Gasteiger partial charge in [-0.15, -0.1) is 11.3 Å². The maximum absolute atomic E-state index is 4.49. The molecule has 0 spiro atoms. The Morgan fingerprint density at radius 3 is 2.85 bits per heavy atom. The minimum Gasteiger partial charge on any atom is -0.355 e. The number of pyridine rings is 1. The Bertz CT molecular complexity index is 529. The van der Waals surface area contributed by atoms with Crippen LogP contribution in [-0.4, -0.2) is 41.0 Å². The summed E-state index contributed by atoms with van der Waals surface area (Å²) < 4.78 is 1.03. The van der Waals surface area contributed by atoms with Crippen LogP contribution in [0.3, 0.4) is 0 Å². The summed E-state index contributed by atoms with van der Waals surface area (Å²) in [6.45, 7) is 5.26. The van der Waals surface area contributed by atoms with Crippen molar-refractivity contribution in [2.75, 3.05) is 31.1 Å². The molecule has 4 nitrogen and oxygen atoms in total. The summed E-state index contributed by atoms with van der Waals surface area (Å²) >= 11 is 5.10. The zero-order chi connectivity index (χ0) is 13.8. The molecule has 2 aromatic heterocycles. The lowest BCUT2D eigenvalue weighted by atomic mass is 10.3. The molecule has 20 heavy (non-hydrogen) atoms. The van der Waals surface area contributed by atoms with E-state index >= 15 is 0 Å². The first kappa shape index (κ1) is 14.0. The molecule has 1 aliphatic heterocycles. The summed E-state index contributed by atoms with van der Waals surface area (Å²) in [5, 5.41) is 2.14. The standard InChI is InChI=1S/C14H17BrN4S/c15-12-2-3-14(16-8-12)19-5-1-4-18(6-7-19)9-13-10-20-11-17-13/h2-3,8,10-11H,1,4-7,9H2. The molecule has 0 saturated carbocycles. The molecule has 0 N–H and O–H groups in total. The molecule has 3 rings (SSSR count). The molecule has 1 fully saturated rings. The highest BCUT2D eigenvalue weighted by atomic mass is 79.9. The minimum absolute atomic E-state index is 0.963. The molecular formula is C14H17BrN4S. The molecule has 0 radical (unpaired) electrons. The Labute approximate surface area is 131 Å². The van der Waals surface area contributed by atoms with E-state index in [1.165, 1.54) is 12.1 Å². The highest BCUT2D eigenvalue weighted by Crippen LogP contribution is 2.17. The molecule has 0 amide bonds. The second-order valence-corrected chi connectivity index (χ2v) is 6.57. The number of anilines is 1. The number of rotatable bonds is 3. The average molecular weight is 353 g/mol. The lowest BCUT2D eigenvalue weighted by molar-refractivity contribution is 0.282. The van der Waals surface area contributed by atoms with Crippen LogP contribution in [0.4, 0.5) is 5.82 Å². The zero-order valence-corrected chi connectivity index (χ0v) is 13.6. The molecule has 6 heteroatoms. The van der Waals surface area contributed by atoms with Crippen molar-refractivity contribution in [2.45, 2.75) is 13.0 Å². The van der Waals surface area contributed by atoms with E-state index in [0.717, 1.165) is 43.0 Å². The van der Waals surface area contributed by atoms with Crippen molar-refractivity contribution in [1.29, 1.82) is 0 Å². The Hall–Kier alpha value is -0.980. The van der Waals surface area contributed by atoms with Crippen molar-refractivity contribution in [3.8, 4) is 0 Å². The quantitative estimate of drug-likeness (QED) is 0.849. The van der Waals surface area contributed by atoms with E-state index in [9.17, 15) is 0 Å². The first-order chi connectivity index (χ1) is 9.81. The van der Waals surface area contributed by atoms with E-state index < -0.39 is 0 Å². The third-order valence-corrected chi connectivity index (χ3v) is 4.60. The van der Waals surface area contributed by atoms with Crippen molar-refractivity contribution < 1.29 is 0 Å². The SMILES string of the molecule is Brc1ccc(N2CCCN(Cc3cscn3)CC2)nc1. The highest BCUT2D eigenvalue weighted by Gasteiger charge is 2.16. The predicted octanol–water partition coefficient (Wildman–Crippen LogP) is 3.01. The van der Waals surface area contributed by atoms with Crippen LogP contribution in [0.25, 0.3) is 0 Å². The van der Waals surface area contributed by atoms with Gasteiger partial charge in [0.05, 0.1) is 11.2 Å². The number of hydrogen-bond donors (Lipinski definition) is 0. The highest BCUT2D eigenvalue weighted by molar-refractivity contribution is 9.10. The van der Waals surface area contributed by atoms with Gasteiger partial charge in [-0.3, -0.25) is 4.90 Å². The Morgan fingerprint density at radius 2 is 2.10 bits per heavy atom. The molecule has 0 unspecified atom stereocenters. The second kappa shape index (κ2) is 6.65. The fraction of sp³-hybridized carbons (Fsp3) is 0.429. The van der Waals surface area contributed by atoms with Gasteiger partial charge >= 0.3 is 0 Å². The average Bonchev–Trinajstić information content (AvgIpc) is 2.85. The Balaban J connectivity index is 1.60. The summed E-state index contributed by atoms with van der Waals surface area (Å²) in [5.74, 6) is 1.07. The fourth-order valence-electron chi connectivity index (χ4n) is 2.46. The lowest BCUT2D eigenvalue weighted by Gasteiger charge is -2.22. The predicted molar refractivity (Wildman–Crippen MR) is 86.2 cm³/mol. The zero-order valence-electron chi connectivity index (χ0n) is 11.2. The van der Waals surface area contributed by atoms with Gasteiger partial charge in [-0.05, 0) is 34.5 Å². The molecule has 0 aromatic carbocycles. The molecule has 0 aliphatic carbocycles. The van der Waals surface area contributed by atoms with Crippen LogP contribution in [0.5, 0.6) is 0 Å². The van der Waals surface area contributed by atoms with Crippen LogP contribution < -0.4 is 4.90 Å². The van der Waals surface area contributed by atoms with Crippen LogP contribution >= 0.6 is 27.3 Å². The largest absolute Gasteiger partial charge is 0.355 e. The number of halogens is 1. The Kier molecular flexibility index (Phi) is 4.65. The smallest absolute Gasteiger partial charge is 0.128 e. The van der Waals surface area contributed by atoms with Crippen LogP contribution in [-0.2, 0) is 6.54 Å². The van der Waals surface area contributed by atoms with Crippen molar-refractivity contribution in [2.24, 2.45) is 0 Å². The van der Waals surface area contributed by atoms with Crippen molar-refractivity contribution in [3.05, 3.63) is 39.4 Å². The summed E-state index contributed by atoms with van der Waals surface area (Å²) in [4.78, 5) is 13.7. The van der Waals surface area contributed by atoms with E-state index in [4.69, 9.17) is 0 Å². The van der Waals surface area contributed by atoms with Gasteiger partial charge in [0.1, 0.15) is 5.82 Å². The van der Waals surface area contributed by atoms with Gasteiger partial charge in [0.15, 0.2) is 0 Å². The summed E-state index contributed by atoms with van der Waals surface area (Å²) in [5.41, 5.74) is 3.09. The van der Waals surface area contributed by atoms with Gasteiger partial charge in [-0.2, -0.15) is 0 Å². The monoisotopic (exact) mass is 352 g/mol. The molecule has 0 atom stereocenters. The molecule has 106 valence electrons. The van der Waals surface area contributed by atoms with Crippen LogP contribution in [0, 0.1) is 0 Å². The van der Waals surface area contributed by atoms with Gasteiger partial charge in [0.25, 0.3) is 0 Å². The van der Waals surface area contributed by atoms with E-state index in [1.54, 1.807) is 11.3 Å². The summed E-state index contributed by atoms with van der Waals surface area (Å²) in [7, 11) is 0. The molecule has 0 bridgehead atoms. The lowest BCUT2D eigenvalue weighted by Crippen LogP contribution is -2.30. The minimum atomic E-state index is 0.963. The molecule has 1 aliphatic rings. The molecule has 1 saturated heterocycles. The van der Waals surface area contributed by atoms with Crippen molar-refractivity contribution >= 4 is 33.1 Å². The first-order valence-electron chi connectivity index (χ1n) is 6.77. The Morgan fingerprint density at radius 1 is 1.15 bits per heavy atom. The van der Waals surface area contributed by atoms with Gasteiger partial charge in [0.2, 0.25) is 0 Å². The van der Waals surface area contributed by atoms with Gasteiger partial charge in [-0.1, -0.05) is 0 Å². The van der Waals surface area contributed by atoms with E-state index in [1.807, 2.05) is 11.7 Å². The summed E-state index contributed by atoms with van der Waals surface area (Å²) in [6.07, 6.45) is 3.04. The number of thiazole rings is 1. The van der Waals surface area contributed by atoms with E-state index in [-0.39, 0.29) is 0 Å². The molecule has 2 aromatic rings. The van der Waals surface area contributed by atoms with Gasteiger partial charge in [-0.25, -0.2) is 9.97 Å². The third-order valence-electron chi connectivity index (χ3n) is 3.49. The normalized spacial score (nSPS) is 17.1. The van der Waals surface area contributed by atoms with Crippen LogP contribution in [0.2, 0.25) is 0 Å². The van der Waals surface area contributed by atoms with Crippen LogP contribution in [0.1, 0.15) is 12.1 Å². The molecular weight excluding hydrogens is 336 g/mol. The third kappa shape index (κ3) is 3.56. The fourth-order valence-corrected chi connectivity index (χ4v) is 3.24.